The summed E-state index contributed by atoms with van der Waals surface area (Å²) in [5.41, 5.74) is 7.67. The molecule has 3 aromatic rings. The second kappa shape index (κ2) is 4.00. The molecule has 0 spiro atoms. The third kappa shape index (κ3) is 1.54. The van der Waals surface area contributed by atoms with Crippen LogP contribution < -0.4 is 5.73 Å². The van der Waals surface area contributed by atoms with Gasteiger partial charge in [-0.2, -0.15) is 0 Å². The minimum atomic E-state index is -0.00689. The number of nitrogens with zero attached hydrogens (tertiary/aromatic N) is 3. The zero-order valence-electron chi connectivity index (χ0n) is 9.04. The molecule has 1 aromatic carbocycles. The third-order valence-corrected chi connectivity index (χ3v) is 2.95. The van der Waals surface area contributed by atoms with Gasteiger partial charge in [-0.3, -0.25) is 14.6 Å². The van der Waals surface area contributed by atoms with Crippen molar-refractivity contribution in [1.82, 2.24) is 14.6 Å². The predicted molar refractivity (Wildman–Crippen MR) is 75.7 cm³/mol. The number of aromatic amines is 2. The van der Waals surface area contributed by atoms with E-state index in [9.17, 15) is 0 Å². The van der Waals surface area contributed by atoms with Gasteiger partial charge in [0.1, 0.15) is 5.69 Å². The highest BCUT2D eigenvalue weighted by Crippen LogP contribution is 2.32. The number of thiocarbonyl (C=S) groups is 1. The highest BCUT2D eigenvalue weighted by atomic mass is 32.1. The maximum absolute atomic E-state index is 5.33. The lowest BCUT2D eigenvalue weighted by atomic mass is 10.2. The number of hydrogen-bond acceptors (Lipinski definition) is 3. The largest absolute Gasteiger partial charge is 0.373 e. The predicted octanol–water partition coefficient (Wildman–Crippen LogP) is 2.81. The van der Waals surface area contributed by atoms with Crippen molar-refractivity contribution in [2.24, 2.45) is 16.0 Å². The number of H-pyrrole nitrogens is 2. The van der Waals surface area contributed by atoms with Gasteiger partial charge < -0.3 is 5.73 Å². The molecule has 0 unspecified atom stereocenters. The highest BCUT2D eigenvalue weighted by molar-refractivity contribution is 7.80. The lowest BCUT2D eigenvalue weighted by Crippen LogP contribution is -2.01. The van der Waals surface area contributed by atoms with E-state index in [2.05, 4.69) is 20.4 Å². The minimum Gasteiger partial charge on any atom is -0.373 e. The molecule has 0 radical (unpaired) electrons. The molecule has 0 saturated carbocycles. The normalized spacial score (nSPS) is 11.8. The van der Waals surface area contributed by atoms with Crippen LogP contribution in [0.15, 0.2) is 34.5 Å². The first-order valence-corrected chi connectivity index (χ1v) is 5.91. The summed E-state index contributed by atoms with van der Waals surface area (Å²) >= 11 is 9.91. The van der Waals surface area contributed by atoms with Gasteiger partial charge in [0.05, 0.1) is 5.52 Å². The molecule has 18 heavy (non-hydrogen) atoms. The number of aromatic nitrogens is 3. The van der Waals surface area contributed by atoms with Crippen molar-refractivity contribution in [1.29, 1.82) is 0 Å². The Hall–Kier alpha value is -2.06. The molecule has 0 aliphatic heterocycles. The quantitative estimate of drug-likeness (QED) is 0.472. The lowest BCUT2D eigenvalue weighted by Gasteiger charge is -1.90. The Morgan fingerprint density at radius 3 is 2.83 bits per heavy atom. The zero-order valence-corrected chi connectivity index (χ0v) is 10.7. The summed E-state index contributed by atoms with van der Waals surface area (Å²) in [5, 5.41) is 14.6. The number of nitrogens with two attached hydrogens (primary N) is 1. The van der Waals surface area contributed by atoms with Gasteiger partial charge in [-0.15, -0.1) is 10.2 Å². The average Bonchev–Trinajstić information content (AvgIpc) is 2.86. The van der Waals surface area contributed by atoms with Crippen LogP contribution in [-0.2, 0) is 0 Å². The molecule has 90 valence electrons. The third-order valence-electron chi connectivity index (χ3n) is 2.59. The Morgan fingerprint density at radius 1 is 1.28 bits per heavy atom. The summed E-state index contributed by atoms with van der Waals surface area (Å²) < 4.78 is 2.43. The number of azo groups is 1. The number of benzene rings is 1. The summed E-state index contributed by atoms with van der Waals surface area (Å²) in [6.45, 7) is 0. The van der Waals surface area contributed by atoms with Gasteiger partial charge in [0, 0.05) is 5.39 Å². The van der Waals surface area contributed by atoms with Crippen molar-refractivity contribution in [2.75, 3.05) is 0 Å². The first kappa shape index (κ1) is 11.1. The molecule has 8 heteroatoms. The smallest absolute Gasteiger partial charge is 0.211 e. The Kier molecular flexibility index (Phi) is 2.46. The molecule has 4 N–H and O–H groups in total. The van der Waals surface area contributed by atoms with Crippen LogP contribution in [0.4, 0.5) is 5.69 Å². The van der Waals surface area contributed by atoms with Crippen LogP contribution in [0.5, 0.6) is 0 Å². The Morgan fingerprint density at radius 2 is 2.06 bits per heavy atom. The van der Waals surface area contributed by atoms with Crippen molar-refractivity contribution < 1.29 is 0 Å². The van der Waals surface area contributed by atoms with E-state index >= 15 is 0 Å². The summed E-state index contributed by atoms with van der Waals surface area (Å²) in [7, 11) is 0. The standard InChI is InChI=1S/C10H8N6S2/c11-9(17)14-12-7-5-3-1-2-4-6(5)16-8(7)13-15-10(16)18/h1-4,13H,(H2,11,17)(H,15,18). The molecule has 6 nitrogen and oxygen atoms in total. The van der Waals surface area contributed by atoms with Crippen LogP contribution in [0.3, 0.4) is 0 Å². The molecule has 0 aliphatic rings. The van der Waals surface area contributed by atoms with Gasteiger partial charge in [0.2, 0.25) is 5.11 Å². The van der Waals surface area contributed by atoms with E-state index in [1.54, 1.807) is 0 Å². The first-order chi connectivity index (χ1) is 8.68. The fourth-order valence-corrected chi connectivity index (χ4v) is 2.20. The SMILES string of the molecule is NC(=S)N=Nc1c2ccccc2n2c(=S)[nH][nH]c12. The fraction of sp³-hybridized carbons (Fsp3) is 0. The van der Waals surface area contributed by atoms with Crippen LogP contribution in [0.2, 0.25) is 0 Å². The van der Waals surface area contributed by atoms with Gasteiger partial charge in [-0.05, 0) is 30.5 Å². The van der Waals surface area contributed by atoms with E-state index in [1.807, 2.05) is 28.7 Å². The number of nitrogens with one attached hydrogen (secondary N) is 2. The van der Waals surface area contributed by atoms with Crippen LogP contribution in [0.1, 0.15) is 0 Å². The van der Waals surface area contributed by atoms with Crippen molar-refractivity contribution in [2.45, 2.75) is 0 Å². The maximum Gasteiger partial charge on any atom is 0.211 e. The van der Waals surface area contributed by atoms with Gasteiger partial charge >= 0.3 is 0 Å². The fourth-order valence-electron chi connectivity index (χ4n) is 1.92. The van der Waals surface area contributed by atoms with Gasteiger partial charge in [-0.1, -0.05) is 18.2 Å². The van der Waals surface area contributed by atoms with Crippen molar-refractivity contribution in [3.05, 3.63) is 29.0 Å². The summed E-state index contributed by atoms with van der Waals surface area (Å²) in [5.74, 6) is 0. The molecular formula is C10H8N6S2. The molecule has 2 heterocycles. The van der Waals surface area contributed by atoms with Crippen LogP contribution in [0.25, 0.3) is 16.6 Å². The molecular weight excluding hydrogens is 268 g/mol. The molecule has 2 aromatic heterocycles. The van der Waals surface area contributed by atoms with Crippen LogP contribution in [-0.4, -0.2) is 19.7 Å². The van der Waals surface area contributed by atoms with E-state index in [4.69, 9.17) is 30.2 Å². The van der Waals surface area contributed by atoms with Crippen molar-refractivity contribution >= 4 is 51.8 Å². The van der Waals surface area contributed by atoms with Gasteiger partial charge in [0.25, 0.3) is 0 Å². The molecule has 0 fully saturated rings. The molecule has 0 saturated heterocycles. The second-order valence-corrected chi connectivity index (χ2v) is 4.45. The molecule has 0 aliphatic carbocycles. The van der Waals surface area contributed by atoms with E-state index in [-0.39, 0.29) is 5.11 Å². The van der Waals surface area contributed by atoms with E-state index < -0.39 is 0 Å². The van der Waals surface area contributed by atoms with Crippen LogP contribution >= 0.6 is 24.4 Å². The Bertz CT molecular complexity index is 837. The summed E-state index contributed by atoms with van der Waals surface area (Å²) in [6, 6.07) is 7.76. The van der Waals surface area contributed by atoms with Gasteiger partial charge in [-0.25, -0.2) is 0 Å². The minimum absolute atomic E-state index is 0.00689. The Balaban J connectivity index is 2.46. The number of para-hydroxylation sites is 1. The summed E-state index contributed by atoms with van der Waals surface area (Å²) in [4.78, 5) is 0. The number of fused-ring (bicyclic) bond motifs is 3. The van der Waals surface area contributed by atoms with Crippen molar-refractivity contribution in [3.63, 3.8) is 0 Å². The first-order valence-electron chi connectivity index (χ1n) is 5.09. The van der Waals surface area contributed by atoms with Crippen LogP contribution in [0, 0.1) is 4.77 Å². The molecule has 3 rings (SSSR count). The van der Waals surface area contributed by atoms with Gasteiger partial charge in [0.15, 0.2) is 10.4 Å². The lowest BCUT2D eigenvalue weighted by molar-refractivity contribution is 1.08. The summed E-state index contributed by atoms with van der Waals surface area (Å²) in [6.07, 6.45) is 0. The van der Waals surface area contributed by atoms with E-state index in [1.165, 1.54) is 0 Å². The van der Waals surface area contributed by atoms with E-state index in [0.717, 1.165) is 16.6 Å². The van der Waals surface area contributed by atoms with Crippen molar-refractivity contribution in [3.8, 4) is 0 Å². The average molecular weight is 276 g/mol. The number of hydrogen-bond donors (Lipinski definition) is 3. The molecule has 0 amide bonds. The topological polar surface area (TPSA) is 86.7 Å². The second-order valence-electron chi connectivity index (χ2n) is 3.64. The maximum atomic E-state index is 5.33. The van der Waals surface area contributed by atoms with E-state index in [0.29, 0.717) is 10.5 Å². The molecule has 0 bridgehead atoms. The molecule has 0 atom stereocenters. The Labute approximate surface area is 111 Å². The highest BCUT2D eigenvalue weighted by Gasteiger charge is 2.13. The number of rotatable bonds is 1. The zero-order chi connectivity index (χ0) is 12.7. The monoisotopic (exact) mass is 276 g/mol.